The van der Waals surface area contributed by atoms with E-state index in [1.807, 2.05) is 104 Å². The van der Waals surface area contributed by atoms with Crippen molar-refractivity contribution < 1.29 is 14.4 Å². The average Bonchev–Trinajstić information content (AvgIpc) is 3.30. The number of imide groups is 1. The van der Waals surface area contributed by atoms with E-state index in [4.69, 9.17) is 23.2 Å². The number of benzene rings is 4. The molecule has 1 aliphatic heterocycles. The van der Waals surface area contributed by atoms with Crippen LogP contribution in [0.3, 0.4) is 0 Å². The number of halogens is 3. The summed E-state index contributed by atoms with van der Waals surface area (Å²) < 4.78 is 0.895. The zero-order valence-electron chi connectivity index (χ0n) is 23.2. The van der Waals surface area contributed by atoms with E-state index >= 15 is 0 Å². The fraction of sp³-hybridized carbons (Fsp3) is 0.229. The Labute approximate surface area is 268 Å². The zero-order valence-corrected chi connectivity index (χ0v) is 26.3. The number of alkyl halides is 2. The molecule has 5 nitrogen and oxygen atoms in total. The number of carbonyl (C=O) groups is 3. The van der Waals surface area contributed by atoms with Crippen molar-refractivity contribution in [3.05, 3.63) is 135 Å². The van der Waals surface area contributed by atoms with Crippen molar-refractivity contribution in [1.29, 1.82) is 0 Å². The van der Waals surface area contributed by atoms with Gasteiger partial charge in [0.05, 0.1) is 11.8 Å². The van der Waals surface area contributed by atoms with Gasteiger partial charge in [-0.3, -0.25) is 19.3 Å². The predicted octanol–water partition coefficient (Wildman–Crippen LogP) is 7.15. The number of aryl methyl sites for hydroxylation is 1. The van der Waals surface area contributed by atoms with Gasteiger partial charge in [0.1, 0.15) is 15.8 Å². The lowest BCUT2D eigenvalue weighted by atomic mass is 9.54. The number of amides is 3. The third-order valence-corrected chi connectivity index (χ3v) is 11.0. The van der Waals surface area contributed by atoms with Crippen molar-refractivity contribution >= 4 is 62.5 Å². The fourth-order valence-electron chi connectivity index (χ4n) is 7.33. The van der Waals surface area contributed by atoms with E-state index in [0.717, 1.165) is 42.8 Å². The Balaban J connectivity index is 1.36. The summed E-state index contributed by atoms with van der Waals surface area (Å²) in [5.74, 6) is -3.37. The van der Waals surface area contributed by atoms with Crippen molar-refractivity contribution in [2.24, 2.45) is 11.8 Å². The van der Waals surface area contributed by atoms with E-state index in [1.165, 1.54) is 0 Å². The Hall–Kier alpha value is -3.45. The molecule has 4 aliphatic rings. The summed E-state index contributed by atoms with van der Waals surface area (Å²) in [5, 5.41) is 3.03. The van der Waals surface area contributed by atoms with Crippen LogP contribution in [0.1, 0.15) is 40.3 Å². The van der Waals surface area contributed by atoms with Gasteiger partial charge < -0.3 is 5.32 Å². The topological polar surface area (TPSA) is 66.5 Å². The standard InChI is InChI=1S/C35H27BrCl2N2O3/c1-2-21-19-22(36)16-17-27(21)39-31(41)28(18-20-10-4-3-5-11-20)40-32(42)29-30(33(40)43)35(38)24-13-7-6-12-23(24)34(29,37)25-14-8-9-15-26(25)35/h3-17,19,28-30H,2,18H2,1H3,(H,39,41)/t28-,29-,30+,34?,35?/m0/s1. The van der Waals surface area contributed by atoms with E-state index < -0.39 is 45.3 Å². The van der Waals surface area contributed by atoms with E-state index in [1.54, 1.807) is 0 Å². The molecule has 1 N–H and O–H groups in total. The molecule has 3 amide bonds. The molecule has 0 aromatic heterocycles. The lowest BCUT2D eigenvalue weighted by molar-refractivity contribution is -0.146. The molecule has 0 spiro atoms. The SMILES string of the molecule is CCc1cc(Br)ccc1NC(=O)[C@H](Cc1ccccc1)N1C(=O)[C@@H]2[C@H](C1=O)C1(Cl)c3ccccc3C2(Cl)c2ccccc21. The highest BCUT2D eigenvalue weighted by Crippen LogP contribution is 2.69. The van der Waals surface area contributed by atoms with Crippen molar-refractivity contribution in [2.75, 3.05) is 5.32 Å². The van der Waals surface area contributed by atoms with E-state index in [2.05, 4.69) is 21.2 Å². The molecule has 0 unspecified atom stereocenters. The third-order valence-electron chi connectivity index (χ3n) is 9.21. The van der Waals surface area contributed by atoms with Crippen molar-refractivity contribution in [3.8, 4) is 0 Å². The van der Waals surface area contributed by atoms with Crippen LogP contribution in [0.5, 0.6) is 0 Å². The molecule has 3 atom stereocenters. The molecule has 0 saturated carbocycles. The molecule has 43 heavy (non-hydrogen) atoms. The van der Waals surface area contributed by atoms with Crippen molar-refractivity contribution in [3.63, 3.8) is 0 Å². The quantitative estimate of drug-likeness (QED) is 0.175. The smallest absolute Gasteiger partial charge is 0.248 e. The lowest BCUT2D eigenvalue weighted by Crippen LogP contribution is -2.57. The largest absolute Gasteiger partial charge is 0.324 e. The summed E-state index contributed by atoms with van der Waals surface area (Å²) in [5.41, 5.74) is 5.27. The fourth-order valence-corrected chi connectivity index (χ4v) is 8.83. The molecule has 4 aromatic carbocycles. The number of hydrogen-bond donors (Lipinski definition) is 1. The number of anilines is 1. The number of carbonyl (C=O) groups excluding carboxylic acids is 3. The molecular formula is C35H27BrCl2N2O3. The monoisotopic (exact) mass is 672 g/mol. The maximum Gasteiger partial charge on any atom is 0.248 e. The van der Waals surface area contributed by atoms with Crippen LogP contribution in [0.4, 0.5) is 5.69 Å². The van der Waals surface area contributed by atoms with Gasteiger partial charge in [-0.1, -0.05) is 102 Å². The Morgan fingerprint density at radius 1 is 0.814 bits per heavy atom. The molecule has 3 aliphatic carbocycles. The van der Waals surface area contributed by atoms with Crippen LogP contribution in [0, 0.1) is 11.8 Å². The van der Waals surface area contributed by atoms with Crippen LogP contribution < -0.4 is 5.32 Å². The first-order chi connectivity index (χ1) is 20.7. The first-order valence-corrected chi connectivity index (χ1v) is 15.8. The Bertz CT molecular complexity index is 1690. The number of nitrogens with one attached hydrogen (secondary N) is 1. The van der Waals surface area contributed by atoms with Crippen LogP contribution in [0.25, 0.3) is 0 Å². The molecule has 1 fully saturated rings. The van der Waals surface area contributed by atoms with Crippen LogP contribution in [0.15, 0.2) is 102 Å². The Kier molecular flexibility index (Phi) is 6.80. The summed E-state index contributed by atoms with van der Waals surface area (Å²) in [7, 11) is 0. The second-order valence-corrected chi connectivity index (χ2v) is 13.5. The van der Waals surface area contributed by atoms with Gasteiger partial charge in [-0.25, -0.2) is 0 Å². The lowest BCUT2D eigenvalue weighted by Gasteiger charge is -2.54. The van der Waals surface area contributed by atoms with Gasteiger partial charge in [0.25, 0.3) is 0 Å². The van der Waals surface area contributed by atoms with E-state index in [0.29, 0.717) is 12.1 Å². The highest BCUT2D eigenvalue weighted by molar-refractivity contribution is 9.10. The van der Waals surface area contributed by atoms with Gasteiger partial charge in [0, 0.05) is 16.6 Å². The van der Waals surface area contributed by atoms with Crippen molar-refractivity contribution in [2.45, 2.75) is 35.6 Å². The van der Waals surface area contributed by atoms with Gasteiger partial charge in [-0.2, -0.15) is 0 Å². The van der Waals surface area contributed by atoms with Gasteiger partial charge in [0.2, 0.25) is 17.7 Å². The minimum atomic E-state index is -1.31. The second kappa shape index (κ2) is 10.3. The van der Waals surface area contributed by atoms with Gasteiger partial charge in [-0.05, 0) is 58.0 Å². The van der Waals surface area contributed by atoms with Crippen LogP contribution in [-0.4, -0.2) is 28.7 Å². The molecule has 2 bridgehead atoms. The summed E-state index contributed by atoms with van der Waals surface area (Å²) in [6.45, 7) is 2.00. The normalized spacial score (nSPS) is 25.6. The summed E-state index contributed by atoms with van der Waals surface area (Å²) in [6.07, 6.45) is 0.830. The van der Waals surface area contributed by atoms with Gasteiger partial charge in [0.15, 0.2) is 0 Å². The van der Waals surface area contributed by atoms with E-state index in [9.17, 15) is 14.4 Å². The number of hydrogen-bond acceptors (Lipinski definition) is 3. The number of likely N-dealkylation sites (tertiary alicyclic amines) is 1. The summed E-state index contributed by atoms with van der Waals surface area (Å²) in [4.78, 5) is 42.0. The minimum Gasteiger partial charge on any atom is -0.324 e. The first-order valence-electron chi connectivity index (χ1n) is 14.3. The molecule has 8 heteroatoms. The van der Waals surface area contributed by atoms with Crippen LogP contribution in [-0.2, 0) is 37.0 Å². The Morgan fingerprint density at radius 2 is 1.30 bits per heavy atom. The van der Waals surface area contributed by atoms with E-state index in [-0.39, 0.29) is 6.42 Å². The average molecular weight is 674 g/mol. The molecule has 216 valence electrons. The zero-order chi connectivity index (χ0) is 30.1. The molecule has 4 aromatic rings. The Morgan fingerprint density at radius 3 is 1.79 bits per heavy atom. The first kappa shape index (κ1) is 28.3. The van der Waals surface area contributed by atoms with Gasteiger partial charge >= 0.3 is 0 Å². The second-order valence-electron chi connectivity index (χ2n) is 11.4. The third kappa shape index (κ3) is 3.99. The molecule has 1 saturated heterocycles. The maximum atomic E-state index is 14.6. The number of nitrogens with zero attached hydrogens (tertiary/aromatic N) is 1. The summed E-state index contributed by atoms with van der Waals surface area (Å²) >= 11 is 18.7. The summed E-state index contributed by atoms with van der Waals surface area (Å²) in [6, 6.07) is 28.9. The van der Waals surface area contributed by atoms with Crippen LogP contribution in [0.2, 0.25) is 0 Å². The molecule has 0 radical (unpaired) electrons. The highest BCUT2D eigenvalue weighted by Gasteiger charge is 2.73. The molecule has 1 heterocycles. The molecular weight excluding hydrogens is 647 g/mol. The maximum absolute atomic E-state index is 14.6. The highest BCUT2D eigenvalue weighted by atomic mass is 79.9. The van der Waals surface area contributed by atoms with Crippen LogP contribution >= 0.6 is 39.1 Å². The van der Waals surface area contributed by atoms with Gasteiger partial charge in [-0.15, -0.1) is 23.2 Å². The number of rotatable bonds is 6. The van der Waals surface area contributed by atoms with Crippen molar-refractivity contribution in [1.82, 2.24) is 4.90 Å². The molecule has 8 rings (SSSR count). The predicted molar refractivity (Wildman–Crippen MR) is 171 cm³/mol. The minimum absolute atomic E-state index is 0.145.